The number of rotatable bonds is 5. The van der Waals surface area contributed by atoms with Crippen molar-refractivity contribution in [2.45, 2.75) is 46.1 Å². The Kier molecular flexibility index (Phi) is 4.70. The number of hydrogen-bond acceptors (Lipinski definition) is 2. The molecular weight excluding hydrogens is 212 g/mol. The Morgan fingerprint density at radius 3 is 2.24 bits per heavy atom. The second-order valence-electron chi connectivity index (χ2n) is 4.78. The van der Waals surface area contributed by atoms with Gasteiger partial charge in [0, 0.05) is 12.5 Å². The summed E-state index contributed by atoms with van der Waals surface area (Å²) in [6.45, 7) is 6.26. The molecule has 1 rings (SSSR count). The van der Waals surface area contributed by atoms with E-state index in [1.165, 1.54) is 22.3 Å². The molecule has 0 aliphatic heterocycles. The molecule has 0 radical (unpaired) electrons. The number of benzene rings is 1. The van der Waals surface area contributed by atoms with Crippen LogP contribution in [0, 0.1) is 20.8 Å². The van der Waals surface area contributed by atoms with E-state index < -0.39 is 0 Å². The van der Waals surface area contributed by atoms with Crippen molar-refractivity contribution >= 4 is 5.91 Å². The fourth-order valence-electron chi connectivity index (χ4n) is 2.42. The van der Waals surface area contributed by atoms with E-state index in [4.69, 9.17) is 11.5 Å². The summed E-state index contributed by atoms with van der Waals surface area (Å²) in [5.41, 5.74) is 16.2. The van der Waals surface area contributed by atoms with Crippen molar-refractivity contribution in [1.82, 2.24) is 0 Å². The quantitative estimate of drug-likeness (QED) is 0.820. The van der Waals surface area contributed by atoms with Gasteiger partial charge in [-0.2, -0.15) is 0 Å². The van der Waals surface area contributed by atoms with Crippen LogP contribution in [0.4, 0.5) is 0 Å². The third kappa shape index (κ3) is 3.86. The van der Waals surface area contributed by atoms with Gasteiger partial charge in [-0.3, -0.25) is 4.79 Å². The number of carbonyl (C=O) groups excluding carboxylic acids is 1. The molecule has 0 aromatic heterocycles. The summed E-state index contributed by atoms with van der Waals surface area (Å²) >= 11 is 0. The molecule has 17 heavy (non-hydrogen) atoms. The van der Waals surface area contributed by atoms with Crippen LogP contribution in [0.15, 0.2) is 12.1 Å². The molecule has 0 saturated heterocycles. The Bertz CT molecular complexity index is 390. The monoisotopic (exact) mass is 234 g/mol. The van der Waals surface area contributed by atoms with Crippen molar-refractivity contribution in [1.29, 1.82) is 0 Å². The number of amides is 1. The highest BCUT2D eigenvalue weighted by atomic mass is 16.1. The van der Waals surface area contributed by atoms with Gasteiger partial charge in [-0.1, -0.05) is 17.7 Å². The molecule has 1 aromatic rings. The summed E-state index contributed by atoms with van der Waals surface area (Å²) in [4.78, 5) is 10.7. The molecule has 0 heterocycles. The van der Waals surface area contributed by atoms with Gasteiger partial charge in [-0.15, -0.1) is 0 Å². The summed E-state index contributed by atoms with van der Waals surface area (Å²) in [6.07, 6.45) is 1.97. The molecule has 94 valence electrons. The molecule has 0 aliphatic carbocycles. The van der Waals surface area contributed by atoms with Gasteiger partial charge in [0.1, 0.15) is 0 Å². The zero-order chi connectivity index (χ0) is 13.0. The van der Waals surface area contributed by atoms with E-state index in [0.29, 0.717) is 6.42 Å². The minimum atomic E-state index is -0.255. The normalized spacial score (nSPS) is 12.5. The predicted molar refractivity (Wildman–Crippen MR) is 70.6 cm³/mol. The first kappa shape index (κ1) is 13.7. The Morgan fingerprint density at radius 1 is 1.24 bits per heavy atom. The van der Waals surface area contributed by atoms with Crippen LogP contribution >= 0.6 is 0 Å². The van der Waals surface area contributed by atoms with Crippen molar-refractivity contribution in [2.75, 3.05) is 0 Å². The van der Waals surface area contributed by atoms with Crippen molar-refractivity contribution in [3.8, 4) is 0 Å². The molecule has 1 amide bonds. The van der Waals surface area contributed by atoms with Crippen LogP contribution in [0.25, 0.3) is 0 Å². The Balaban J connectivity index is 2.75. The average Bonchev–Trinajstić information content (AvgIpc) is 2.14. The molecule has 0 bridgehead atoms. The van der Waals surface area contributed by atoms with E-state index in [-0.39, 0.29) is 11.9 Å². The van der Waals surface area contributed by atoms with E-state index in [0.717, 1.165) is 12.8 Å². The van der Waals surface area contributed by atoms with Crippen molar-refractivity contribution in [3.63, 3.8) is 0 Å². The Morgan fingerprint density at radius 2 is 1.76 bits per heavy atom. The van der Waals surface area contributed by atoms with Crippen LogP contribution in [0.5, 0.6) is 0 Å². The van der Waals surface area contributed by atoms with Crippen LogP contribution in [0.1, 0.15) is 47.6 Å². The topological polar surface area (TPSA) is 69.1 Å². The van der Waals surface area contributed by atoms with Gasteiger partial charge in [0.2, 0.25) is 5.91 Å². The maximum Gasteiger partial charge on any atom is 0.217 e. The van der Waals surface area contributed by atoms with Crippen molar-refractivity contribution in [3.05, 3.63) is 34.4 Å². The highest BCUT2D eigenvalue weighted by Gasteiger charge is 2.12. The lowest BCUT2D eigenvalue weighted by atomic mass is 9.92. The summed E-state index contributed by atoms with van der Waals surface area (Å²) in [5.74, 6) is -0.255. The number of aryl methyl sites for hydroxylation is 3. The minimum Gasteiger partial charge on any atom is -0.370 e. The van der Waals surface area contributed by atoms with E-state index >= 15 is 0 Å². The molecule has 3 heteroatoms. The van der Waals surface area contributed by atoms with E-state index in [1.54, 1.807) is 0 Å². The average molecular weight is 234 g/mol. The molecule has 1 aromatic carbocycles. The lowest BCUT2D eigenvalue weighted by Gasteiger charge is -2.18. The zero-order valence-corrected chi connectivity index (χ0v) is 10.9. The molecule has 1 atom stereocenters. The maximum absolute atomic E-state index is 10.7. The summed E-state index contributed by atoms with van der Waals surface area (Å²) in [6, 6.07) is 4.29. The van der Waals surface area contributed by atoms with Crippen LogP contribution in [-0.4, -0.2) is 5.91 Å². The molecule has 1 unspecified atom stereocenters. The van der Waals surface area contributed by atoms with Gasteiger partial charge in [0.05, 0.1) is 0 Å². The summed E-state index contributed by atoms with van der Waals surface area (Å²) in [5, 5.41) is 0. The van der Waals surface area contributed by atoms with Crippen LogP contribution in [0.2, 0.25) is 0 Å². The fourth-order valence-corrected chi connectivity index (χ4v) is 2.42. The Labute approximate surface area is 103 Å². The maximum atomic E-state index is 10.7. The highest BCUT2D eigenvalue weighted by molar-refractivity contribution is 5.73. The van der Waals surface area contributed by atoms with E-state index in [9.17, 15) is 4.79 Å². The van der Waals surface area contributed by atoms with Crippen molar-refractivity contribution in [2.24, 2.45) is 11.5 Å². The standard InChI is InChI=1S/C14H22N2O/c1-9-7-10(2)14(11(3)8-9)12(15)5-4-6-13(16)17/h7-8,12H,4-6,15H2,1-3H3,(H2,16,17). The second-order valence-corrected chi connectivity index (χ2v) is 4.78. The third-order valence-corrected chi connectivity index (χ3v) is 3.05. The van der Waals surface area contributed by atoms with Gasteiger partial charge < -0.3 is 11.5 Å². The summed E-state index contributed by atoms with van der Waals surface area (Å²) in [7, 11) is 0. The first-order valence-corrected chi connectivity index (χ1v) is 6.03. The van der Waals surface area contributed by atoms with Gasteiger partial charge in [0.15, 0.2) is 0 Å². The van der Waals surface area contributed by atoms with Crippen LogP contribution in [-0.2, 0) is 4.79 Å². The number of hydrogen-bond donors (Lipinski definition) is 2. The Hall–Kier alpha value is -1.35. The van der Waals surface area contributed by atoms with Gasteiger partial charge in [-0.05, 0) is 50.3 Å². The van der Waals surface area contributed by atoms with E-state index in [1.807, 2.05) is 0 Å². The fraction of sp³-hybridized carbons (Fsp3) is 0.500. The molecule has 0 fully saturated rings. The molecule has 0 saturated carbocycles. The summed E-state index contributed by atoms with van der Waals surface area (Å²) < 4.78 is 0. The zero-order valence-electron chi connectivity index (χ0n) is 10.9. The van der Waals surface area contributed by atoms with Crippen LogP contribution < -0.4 is 11.5 Å². The smallest absolute Gasteiger partial charge is 0.217 e. The number of nitrogens with two attached hydrogens (primary N) is 2. The lowest BCUT2D eigenvalue weighted by molar-refractivity contribution is -0.118. The predicted octanol–water partition coefficient (Wildman–Crippen LogP) is 2.27. The first-order valence-electron chi connectivity index (χ1n) is 6.03. The molecule has 4 N–H and O–H groups in total. The molecule has 0 aliphatic rings. The van der Waals surface area contributed by atoms with Crippen molar-refractivity contribution < 1.29 is 4.79 Å². The number of carbonyl (C=O) groups is 1. The second kappa shape index (κ2) is 5.82. The largest absolute Gasteiger partial charge is 0.370 e. The highest BCUT2D eigenvalue weighted by Crippen LogP contribution is 2.25. The van der Waals surface area contributed by atoms with E-state index in [2.05, 4.69) is 32.9 Å². The first-order chi connectivity index (χ1) is 7.91. The SMILES string of the molecule is Cc1cc(C)c(C(N)CCCC(N)=O)c(C)c1. The van der Waals surface area contributed by atoms with Crippen LogP contribution in [0.3, 0.4) is 0 Å². The lowest BCUT2D eigenvalue weighted by Crippen LogP contribution is -2.16. The van der Waals surface area contributed by atoms with Gasteiger partial charge >= 0.3 is 0 Å². The molecule has 0 spiro atoms. The molecule has 3 nitrogen and oxygen atoms in total. The third-order valence-electron chi connectivity index (χ3n) is 3.05. The number of primary amides is 1. The minimum absolute atomic E-state index is 0.00468. The van der Waals surface area contributed by atoms with Gasteiger partial charge in [0.25, 0.3) is 0 Å². The molecular formula is C14H22N2O. The van der Waals surface area contributed by atoms with Gasteiger partial charge in [-0.25, -0.2) is 0 Å².